The fourth-order valence-electron chi connectivity index (χ4n) is 2.83. The molecule has 1 N–H and O–H groups in total. The van der Waals surface area contributed by atoms with E-state index in [4.69, 9.17) is 0 Å². The van der Waals surface area contributed by atoms with Crippen molar-refractivity contribution in [1.29, 1.82) is 0 Å². The Morgan fingerprint density at radius 1 is 1.11 bits per heavy atom. The van der Waals surface area contributed by atoms with Gasteiger partial charge in [-0.2, -0.15) is 13.2 Å². The van der Waals surface area contributed by atoms with Crippen molar-refractivity contribution >= 4 is 22.6 Å². The summed E-state index contributed by atoms with van der Waals surface area (Å²) >= 11 is 0. The van der Waals surface area contributed by atoms with Gasteiger partial charge in [-0.1, -0.05) is 38.1 Å². The van der Waals surface area contributed by atoms with E-state index in [1.807, 2.05) is 26.0 Å². The second-order valence-corrected chi connectivity index (χ2v) is 6.66. The minimum Gasteiger partial charge on any atom is -0.325 e. The number of nitrogens with zero attached hydrogens (tertiary/aromatic N) is 2. The van der Waals surface area contributed by atoms with E-state index in [1.54, 1.807) is 18.2 Å². The second-order valence-electron chi connectivity index (χ2n) is 6.66. The number of carbonyl (C=O) groups excluding carboxylic acids is 1. The summed E-state index contributed by atoms with van der Waals surface area (Å²) in [5.74, 6) is -0.281. The van der Waals surface area contributed by atoms with Gasteiger partial charge in [0.1, 0.15) is 6.54 Å². The van der Waals surface area contributed by atoms with Gasteiger partial charge in [0, 0.05) is 5.69 Å². The summed E-state index contributed by atoms with van der Waals surface area (Å²) in [4.78, 5) is 28.2. The highest BCUT2D eigenvalue weighted by Gasteiger charge is 2.37. The predicted molar refractivity (Wildman–Crippen MR) is 100 cm³/mol. The largest absolute Gasteiger partial charge is 0.438 e. The van der Waals surface area contributed by atoms with Crippen LogP contribution in [0.3, 0.4) is 0 Å². The van der Waals surface area contributed by atoms with E-state index in [9.17, 15) is 22.8 Å². The van der Waals surface area contributed by atoms with Crippen molar-refractivity contribution < 1.29 is 18.0 Å². The Bertz CT molecular complexity index is 1070. The van der Waals surface area contributed by atoms with E-state index < -0.39 is 29.9 Å². The van der Waals surface area contributed by atoms with E-state index in [2.05, 4.69) is 10.3 Å². The van der Waals surface area contributed by atoms with Crippen LogP contribution in [-0.4, -0.2) is 15.5 Å². The molecule has 1 aromatic heterocycles. The van der Waals surface area contributed by atoms with Crippen LogP contribution in [0.5, 0.6) is 0 Å². The molecule has 5 nitrogen and oxygen atoms in total. The molecule has 0 atom stereocenters. The quantitative estimate of drug-likeness (QED) is 0.728. The van der Waals surface area contributed by atoms with Gasteiger partial charge in [-0.25, -0.2) is 4.98 Å². The number of fused-ring (bicyclic) bond motifs is 1. The number of benzene rings is 2. The molecular formula is C20H18F3N3O2. The maximum atomic E-state index is 13.2. The molecule has 2 aromatic carbocycles. The highest BCUT2D eigenvalue weighted by atomic mass is 19.4. The zero-order chi connectivity index (χ0) is 20.5. The van der Waals surface area contributed by atoms with Gasteiger partial charge >= 0.3 is 6.18 Å². The molecule has 0 aliphatic heterocycles. The molecule has 0 fully saturated rings. The van der Waals surface area contributed by atoms with Crippen molar-refractivity contribution in [3.8, 4) is 0 Å². The second kappa shape index (κ2) is 7.46. The molecule has 0 spiro atoms. The number of anilines is 1. The smallest absolute Gasteiger partial charge is 0.325 e. The normalized spacial score (nSPS) is 11.8. The van der Waals surface area contributed by atoms with Crippen molar-refractivity contribution in [1.82, 2.24) is 9.55 Å². The standard InChI is InChI=1S/C20H18F3N3O2/c1-12(2)13-7-9-14(10-8-13)24-17(27)11-26-16-6-4-3-5-15(16)25-18(19(26)28)20(21,22)23/h3-10,12H,11H2,1-2H3,(H,24,27). The van der Waals surface area contributed by atoms with Gasteiger partial charge in [0.2, 0.25) is 11.6 Å². The van der Waals surface area contributed by atoms with Gasteiger partial charge in [-0.15, -0.1) is 0 Å². The lowest BCUT2D eigenvalue weighted by molar-refractivity contribution is -0.142. The predicted octanol–water partition coefficient (Wildman–Crippen LogP) is 4.18. The molecule has 0 bridgehead atoms. The number of rotatable bonds is 4. The fourth-order valence-corrected chi connectivity index (χ4v) is 2.83. The Labute approximate surface area is 158 Å². The van der Waals surface area contributed by atoms with Crippen LogP contribution >= 0.6 is 0 Å². The Balaban J connectivity index is 1.93. The number of carbonyl (C=O) groups is 1. The number of alkyl halides is 3. The monoisotopic (exact) mass is 389 g/mol. The van der Waals surface area contributed by atoms with E-state index in [0.717, 1.165) is 10.1 Å². The summed E-state index contributed by atoms with van der Waals surface area (Å²) in [6.45, 7) is 3.51. The van der Waals surface area contributed by atoms with Crippen LogP contribution in [-0.2, 0) is 17.5 Å². The molecule has 0 unspecified atom stereocenters. The fraction of sp³-hybridized carbons (Fsp3) is 0.250. The number of halogens is 3. The van der Waals surface area contributed by atoms with E-state index >= 15 is 0 Å². The zero-order valence-corrected chi connectivity index (χ0v) is 15.2. The third kappa shape index (κ3) is 4.05. The van der Waals surface area contributed by atoms with Crippen LogP contribution in [0.15, 0.2) is 53.3 Å². The molecule has 1 heterocycles. The Morgan fingerprint density at radius 3 is 2.36 bits per heavy atom. The van der Waals surface area contributed by atoms with Crippen LogP contribution in [0.2, 0.25) is 0 Å². The summed E-state index contributed by atoms with van der Waals surface area (Å²) < 4.78 is 40.3. The highest BCUT2D eigenvalue weighted by Crippen LogP contribution is 2.26. The molecule has 8 heteroatoms. The van der Waals surface area contributed by atoms with Gasteiger partial charge in [0.25, 0.3) is 5.56 Å². The first-order valence-corrected chi connectivity index (χ1v) is 8.63. The van der Waals surface area contributed by atoms with Gasteiger partial charge in [-0.3, -0.25) is 14.2 Å². The average molecular weight is 389 g/mol. The number of nitrogens with one attached hydrogen (secondary N) is 1. The minimum atomic E-state index is -4.91. The van der Waals surface area contributed by atoms with Crippen LogP contribution in [0.1, 0.15) is 31.0 Å². The summed E-state index contributed by atoms with van der Waals surface area (Å²) in [5, 5.41) is 2.61. The third-order valence-electron chi connectivity index (χ3n) is 4.28. The third-order valence-corrected chi connectivity index (χ3v) is 4.28. The van der Waals surface area contributed by atoms with Crippen molar-refractivity contribution in [3.05, 3.63) is 70.1 Å². The van der Waals surface area contributed by atoms with Crippen molar-refractivity contribution in [2.45, 2.75) is 32.5 Å². The molecule has 0 radical (unpaired) electrons. The van der Waals surface area contributed by atoms with Crippen molar-refractivity contribution in [3.63, 3.8) is 0 Å². The molecule has 0 saturated carbocycles. The van der Waals surface area contributed by atoms with Gasteiger partial charge in [0.05, 0.1) is 11.0 Å². The van der Waals surface area contributed by atoms with E-state index in [0.29, 0.717) is 11.6 Å². The Morgan fingerprint density at radius 2 is 1.75 bits per heavy atom. The molecule has 146 valence electrons. The van der Waals surface area contributed by atoms with E-state index in [1.165, 1.54) is 18.2 Å². The molecule has 3 rings (SSSR count). The maximum absolute atomic E-state index is 13.2. The minimum absolute atomic E-state index is 0.0106. The lowest BCUT2D eigenvalue weighted by Gasteiger charge is -2.14. The van der Waals surface area contributed by atoms with E-state index in [-0.39, 0.29) is 11.0 Å². The number of aromatic nitrogens is 2. The molecule has 28 heavy (non-hydrogen) atoms. The summed E-state index contributed by atoms with van der Waals surface area (Å²) in [6.07, 6.45) is -4.91. The van der Waals surface area contributed by atoms with Gasteiger partial charge in [-0.05, 0) is 35.7 Å². The first-order valence-electron chi connectivity index (χ1n) is 8.63. The molecule has 0 aliphatic rings. The lowest BCUT2D eigenvalue weighted by atomic mass is 10.0. The molecule has 3 aromatic rings. The van der Waals surface area contributed by atoms with Crippen LogP contribution < -0.4 is 10.9 Å². The summed E-state index contributed by atoms with van der Waals surface area (Å²) in [7, 11) is 0. The molecule has 1 amide bonds. The number of para-hydroxylation sites is 2. The first kappa shape index (κ1) is 19.6. The highest BCUT2D eigenvalue weighted by molar-refractivity contribution is 5.91. The van der Waals surface area contributed by atoms with Crippen LogP contribution in [0.4, 0.5) is 18.9 Å². The van der Waals surface area contributed by atoms with Gasteiger partial charge in [0.15, 0.2) is 0 Å². The van der Waals surface area contributed by atoms with Crippen LogP contribution in [0, 0.1) is 0 Å². The summed E-state index contributed by atoms with van der Waals surface area (Å²) in [5.41, 5.74) is -1.16. The molecule has 0 aliphatic carbocycles. The Kier molecular flexibility index (Phi) is 5.22. The molecular weight excluding hydrogens is 371 g/mol. The zero-order valence-electron chi connectivity index (χ0n) is 15.2. The summed E-state index contributed by atoms with van der Waals surface area (Å²) in [6, 6.07) is 13.0. The maximum Gasteiger partial charge on any atom is 0.438 e. The average Bonchev–Trinajstić information content (AvgIpc) is 2.63. The number of amides is 1. The van der Waals surface area contributed by atoms with Crippen molar-refractivity contribution in [2.24, 2.45) is 0 Å². The Hall–Kier alpha value is -3.16. The van der Waals surface area contributed by atoms with Crippen LogP contribution in [0.25, 0.3) is 11.0 Å². The molecule has 0 saturated heterocycles. The van der Waals surface area contributed by atoms with Gasteiger partial charge < -0.3 is 5.32 Å². The lowest BCUT2D eigenvalue weighted by Crippen LogP contribution is -2.34. The number of hydrogen-bond acceptors (Lipinski definition) is 3. The SMILES string of the molecule is CC(C)c1ccc(NC(=O)Cn2c(=O)c(C(F)(F)F)nc3ccccc32)cc1. The number of hydrogen-bond donors (Lipinski definition) is 1. The topological polar surface area (TPSA) is 64.0 Å². The van der Waals surface area contributed by atoms with Crippen molar-refractivity contribution in [2.75, 3.05) is 5.32 Å². The first-order chi connectivity index (χ1) is 13.2.